The first-order valence-electron chi connectivity index (χ1n) is 37.4. The molecule has 0 saturated heterocycles. The summed E-state index contributed by atoms with van der Waals surface area (Å²) in [6, 6.07) is 1.23. The zero-order chi connectivity index (χ0) is 83.5. The van der Waals surface area contributed by atoms with Crippen LogP contribution in [-0.2, 0) is 90.9 Å². The van der Waals surface area contributed by atoms with Crippen LogP contribution in [0.25, 0.3) is 11.1 Å². The number of allylic oxidation sites excluding steroid dienone is 2. The van der Waals surface area contributed by atoms with E-state index in [-0.39, 0.29) is 106 Å². The number of esters is 3. The minimum absolute atomic E-state index is 0.0324. The van der Waals surface area contributed by atoms with E-state index < -0.39 is 193 Å². The molecule has 2 aromatic carbocycles. The number of carboxylic acids is 1. The predicted molar refractivity (Wildman–Crippen MR) is 410 cm³/mol. The Kier molecular flexibility index (Phi) is 39.6. The van der Waals surface area contributed by atoms with Crippen molar-refractivity contribution in [3.63, 3.8) is 0 Å². The maximum Gasteiger partial charge on any atom is 0.407 e. The molecule has 0 aliphatic heterocycles. The van der Waals surface area contributed by atoms with Gasteiger partial charge >= 0.3 is 30.0 Å². The van der Waals surface area contributed by atoms with Crippen molar-refractivity contribution < 1.29 is 111 Å². The van der Waals surface area contributed by atoms with E-state index in [1.165, 1.54) is 19.1 Å². The maximum atomic E-state index is 14.7. The van der Waals surface area contributed by atoms with Gasteiger partial charge in [-0.3, -0.25) is 71.9 Å². The molecule has 1 saturated carbocycles. The van der Waals surface area contributed by atoms with Crippen molar-refractivity contribution in [3.05, 3.63) is 96.2 Å². The zero-order valence-electron chi connectivity index (χ0n) is 65.3. The van der Waals surface area contributed by atoms with Gasteiger partial charge in [-0.05, 0) is 106 Å². The number of hydrogen-bond acceptors (Lipinski definition) is 24. The van der Waals surface area contributed by atoms with Crippen molar-refractivity contribution >= 4 is 106 Å². The number of hydrogen-bond donors (Lipinski definition) is 13. The fourth-order valence-electron chi connectivity index (χ4n) is 12.2. The quantitative estimate of drug-likeness (QED) is 0.0113. The number of benzene rings is 2. The first-order chi connectivity index (χ1) is 52.9. The summed E-state index contributed by atoms with van der Waals surface area (Å²) in [6.07, 6.45) is -3.89. The summed E-state index contributed by atoms with van der Waals surface area (Å²) in [5.74, 6) is -14.8. The van der Waals surface area contributed by atoms with E-state index >= 15 is 0 Å². The normalized spacial score (nSPS) is 15.7. The van der Waals surface area contributed by atoms with Gasteiger partial charge in [0.2, 0.25) is 52.4 Å². The van der Waals surface area contributed by atoms with Crippen molar-refractivity contribution in [2.45, 2.75) is 219 Å². The van der Waals surface area contributed by atoms with Crippen molar-refractivity contribution in [1.29, 1.82) is 0 Å². The SMILES string of the molecule is C=CCOC(=O)CC[C@H](NC(=O)[C@H](C)NC(=O)[C@H](CCC(=O)OCC=C)NC(=O)[C@H](CCCCNC(CC(C)C)=C1C(=O)CC(C)(C)CC1=O)NC(=O)OCC1c2ccccc2-c2ccccc21)C(=O)N[C@@H](CC(=O)O)C(=O)N[C@H](C(=O)N[C@H](C(=O)N[C@H](C(=O)NCC(=O)SCCC(=O)OCC)C(C)O)C(C)O)C(C)CC. The van der Waals surface area contributed by atoms with Crippen LogP contribution in [0.4, 0.5) is 4.79 Å². The molecule has 2 aromatic rings. The highest BCUT2D eigenvalue weighted by atomic mass is 32.2. The molecule has 3 unspecified atom stereocenters. The van der Waals surface area contributed by atoms with Crippen molar-refractivity contribution in [2.75, 3.05) is 45.3 Å². The number of thioether (sulfide) groups is 1. The third kappa shape index (κ3) is 31.1. The molecule has 2 aliphatic rings. The summed E-state index contributed by atoms with van der Waals surface area (Å²) < 4.78 is 20.9. The highest BCUT2D eigenvalue weighted by molar-refractivity contribution is 8.13. The lowest BCUT2D eigenvalue weighted by atomic mass is 9.73. The molecule has 616 valence electrons. The van der Waals surface area contributed by atoms with E-state index in [9.17, 15) is 92.0 Å². The summed E-state index contributed by atoms with van der Waals surface area (Å²) >= 11 is 0.714. The Morgan fingerprint density at radius 1 is 0.545 bits per heavy atom. The number of nitrogens with one attached hydrogen (secondary N) is 10. The number of aliphatic hydroxyl groups excluding tert-OH is 2. The highest BCUT2D eigenvalue weighted by Crippen LogP contribution is 2.44. The van der Waals surface area contributed by atoms with Gasteiger partial charge in [0.25, 0.3) is 0 Å². The number of ether oxygens (including phenoxy) is 4. The van der Waals surface area contributed by atoms with Crippen LogP contribution >= 0.6 is 11.8 Å². The largest absolute Gasteiger partial charge is 0.481 e. The van der Waals surface area contributed by atoms with Crippen LogP contribution in [0.15, 0.2) is 85.1 Å². The number of carboxylic acid groups (broad SMARTS) is 1. The molecule has 1 fully saturated rings. The lowest BCUT2D eigenvalue weighted by Gasteiger charge is -2.30. The number of rotatable bonds is 48. The summed E-state index contributed by atoms with van der Waals surface area (Å²) in [4.78, 5) is 217. The molecule has 0 spiro atoms. The molecule has 0 aromatic heterocycles. The monoisotopic (exact) mass is 1590 g/mol. The summed E-state index contributed by atoms with van der Waals surface area (Å²) in [7, 11) is 0. The lowest BCUT2D eigenvalue weighted by Crippen LogP contribution is -2.63. The smallest absolute Gasteiger partial charge is 0.407 e. The Bertz CT molecular complexity index is 3680. The van der Waals surface area contributed by atoms with Gasteiger partial charge in [0.1, 0.15) is 68.2 Å². The first-order valence-corrected chi connectivity index (χ1v) is 38.4. The maximum absolute atomic E-state index is 14.7. The number of alkyl carbamates (subject to hydrolysis) is 1. The van der Waals surface area contributed by atoms with Crippen LogP contribution in [-0.4, -0.2) is 215 Å². The van der Waals surface area contributed by atoms with Gasteiger partial charge in [-0.2, -0.15) is 0 Å². The van der Waals surface area contributed by atoms with Crippen LogP contribution < -0.4 is 53.2 Å². The number of aliphatic hydroxyl groups is 2. The van der Waals surface area contributed by atoms with E-state index in [0.29, 0.717) is 30.3 Å². The van der Waals surface area contributed by atoms with Gasteiger partial charge in [0.05, 0.1) is 43.8 Å². The molecule has 33 nitrogen and oxygen atoms in total. The van der Waals surface area contributed by atoms with Crippen molar-refractivity contribution in [3.8, 4) is 11.1 Å². The van der Waals surface area contributed by atoms with Crippen LogP contribution in [0, 0.1) is 17.3 Å². The molecular weight excluding hydrogens is 1480 g/mol. The highest BCUT2D eigenvalue weighted by Gasteiger charge is 2.41. The van der Waals surface area contributed by atoms with Gasteiger partial charge in [-0.15, -0.1) is 0 Å². The second kappa shape index (κ2) is 47.1. The Hall–Kier alpha value is -10.3. The second-order valence-electron chi connectivity index (χ2n) is 28.6. The molecule has 9 amide bonds. The second-order valence-corrected chi connectivity index (χ2v) is 29.8. The van der Waals surface area contributed by atoms with E-state index in [2.05, 4.69) is 66.3 Å². The Morgan fingerprint density at radius 3 is 1.53 bits per heavy atom. The molecule has 0 heterocycles. The number of unbranched alkanes of at least 4 members (excludes halogenated alkanes) is 1. The number of fused-ring (bicyclic) bond motifs is 3. The minimum Gasteiger partial charge on any atom is -0.481 e. The lowest BCUT2D eigenvalue weighted by molar-refractivity contribution is -0.144. The van der Waals surface area contributed by atoms with Gasteiger partial charge < -0.3 is 87.4 Å². The molecule has 11 atom stereocenters. The molecule has 2 aliphatic carbocycles. The third-order valence-corrected chi connectivity index (χ3v) is 19.1. The molecule has 34 heteroatoms. The standard InChI is InChI=1S/C78H110N10O23S/c1-13-34-109-61(95)30-28-54(83-71(101)53(27-21-22-33-79-56(37-43(5)6)65-58(91)39-78(11,12)40-59(65)92)85-77(107)111-42-52-50-25-19-17-23-48(50)49-24-18-20-26-51(49)52)70(100)81-45(8)69(99)82-55(29-31-62(96)110-35-14-2)72(102)84-57(38-60(93)94)73(103)86-66(44(7)15-3)75(105)88-68(47(10)90)76(106)87-67(46(9)89)74(104)80-41-64(98)112-36-32-63(97)108-16-4/h13-14,17-20,23-26,43-47,52-55,57,66-68,79,89-90H,1-2,15-16,21-22,27-42H2,3-12H3,(H,80,104)(H,81,100)(H,82,99)(H,83,101)(H,84,102)(H,85,107)(H,86,103)(H,87,106)(H,88,105)(H,93,94)/t44?,45-,46?,47?,53-,54-,55-,57-,66-,67-,68-/m0/s1. The molecular formula is C78H110N10O23S. The van der Waals surface area contributed by atoms with E-state index in [0.717, 1.165) is 43.0 Å². The van der Waals surface area contributed by atoms with Crippen molar-refractivity contribution in [2.24, 2.45) is 17.3 Å². The zero-order valence-corrected chi connectivity index (χ0v) is 66.1. The molecule has 4 rings (SSSR count). The van der Waals surface area contributed by atoms with E-state index in [1.54, 1.807) is 13.8 Å². The number of Topliss-reactive ketones (excluding diaryl/α,β-unsaturated/α-hetero) is 2. The number of amides is 9. The average Bonchev–Trinajstić information content (AvgIpc) is 1.62. The number of ketones is 2. The summed E-state index contributed by atoms with van der Waals surface area (Å²) in [5.41, 5.74) is 3.85. The average molecular weight is 1590 g/mol. The fraction of sp³-hybridized carbons (Fsp3) is 0.564. The molecule has 112 heavy (non-hydrogen) atoms. The number of aliphatic carboxylic acids is 1. The van der Waals surface area contributed by atoms with Crippen LogP contribution in [0.3, 0.4) is 0 Å². The van der Waals surface area contributed by atoms with Gasteiger partial charge in [0.15, 0.2) is 11.6 Å². The van der Waals surface area contributed by atoms with Gasteiger partial charge in [0, 0.05) is 49.6 Å². The third-order valence-electron chi connectivity index (χ3n) is 18.2. The van der Waals surface area contributed by atoms with Crippen molar-refractivity contribution in [1.82, 2.24) is 53.2 Å². The van der Waals surface area contributed by atoms with Crippen LogP contribution in [0.5, 0.6) is 0 Å². The molecule has 13 N–H and O–H groups in total. The Labute approximate surface area is 656 Å². The topological polar surface area (TPSA) is 491 Å². The Morgan fingerprint density at radius 2 is 1.02 bits per heavy atom. The fourth-order valence-corrected chi connectivity index (χ4v) is 12.9. The Balaban J connectivity index is 1.59. The van der Waals surface area contributed by atoms with E-state index in [1.807, 2.05) is 76.2 Å². The molecule has 0 radical (unpaired) electrons. The van der Waals surface area contributed by atoms with Gasteiger partial charge in [-0.1, -0.05) is 134 Å². The molecule has 0 bridgehead atoms. The van der Waals surface area contributed by atoms with Crippen LogP contribution in [0.2, 0.25) is 0 Å². The van der Waals surface area contributed by atoms with Crippen LogP contribution in [0.1, 0.15) is 170 Å². The summed E-state index contributed by atoms with van der Waals surface area (Å²) in [5, 5.41) is 55.5. The van der Waals surface area contributed by atoms with Gasteiger partial charge in [-0.25, -0.2) is 4.79 Å². The number of carbonyl (C=O) groups is 16. The summed E-state index contributed by atoms with van der Waals surface area (Å²) in [6.45, 7) is 21.8. The predicted octanol–water partition coefficient (Wildman–Crippen LogP) is 2.96. The minimum atomic E-state index is -2.07. The first kappa shape index (κ1) is 94.0. The van der Waals surface area contributed by atoms with E-state index in [4.69, 9.17) is 18.9 Å². The number of carbonyl (C=O) groups excluding carboxylic acids is 15.